The van der Waals surface area contributed by atoms with Crippen molar-refractivity contribution in [3.05, 3.63) is 0 Å². The molecule has 15 heavy (non-hydrogen) atoms. The van der Waals surface area contributed by atoms with Gasteiger partial charge in [0, 0.05) is 35.0 Å². The second kappa shape index (κ2) is 5.63. The summed E-state index contributed by atoms with van der Waals surface area (Å²) < 4.78 is 12.3. The molecule has 8 heteroatoms. The van der Waals surface area contributed by atoms with Crippen molar-refractivity contribution in [3.63, 3.8) is 0 Å². The second-order valence-corrected chi connectivity index (χ2v) is 3.98. The number of aliphatic hydroxyl groups is 1. The van der Waals surface area contributed by atoms with E-state index in [1.54, 1.807) is 6.92 Å². The van der Waals surface area contributed by atoms with Gasteiger partial charge in [0.2, 0.25) is 0 Å². The van der Waals surface area contributed by atoms with Gasteiger partial charge in [-0.15, -0.1) is 0 Å². The Morgan fingerprint density at radius 2 is 1.87 bits per heavy atom. The summed E-state index contributed by atoms with van der Waals surface area (Å²) in [6, 6.07) is 0. The fourth-order valence-corrected chi connectivity index (χ4v) is 1.47. The highest BCUT2D eigenvalue weighted by Crippen LogP contribution is 2.45. The lowest BCUT2D eigenvalue weighted by molar-refractivity contribution is -0.162. The van der Waals surface area contributed by atoms with E-state index in [-0.39, 0.29) is 12.8 Å². The maximum absolute atomic E-state index is 12.3. The first-order chi connectivity index (χ1) is 6.69. The Labute approximate surface area is 93.1 Å². The Bertz CT molecular complexity index is 218. The molecule has 1 rings (SSSR count). The number of rotatable bonds is 2. The number of hydrogen-bond acceptors (Lipinski definition) is 2. The van der Waals surface area contributed by atoms with Crippen molar-refractivity contribution < 1.29 is 19.4 Å². The third-order valence-corrected chi connectivity index (χ3v) is 2.27. The van der Waals surface area contributed by atoms with Crippen LogP contribution in [0.4, 0.5) is 4.39 Å². The van der Waals surface area contributed by atoms with E-state index in [1.165, 1.54) is 0 Å². The van der Waals surface area contributed by atoms with Crippen LogP contribution < -0.4 is 0 Å². The molecule has 1 aliphatic carbocycles. The highest BCUT2D eigenvalue weighted by molar-refractivity contribution is 7.49. The summed E-state index contributed by atoms with van der Waals surface area (Å²) >= 11 is 0. The topological polar surface area (TPSA) is 57.5 Å². The molecule has 0 aromatic carbocycles. The van der Waals surface area contributed by atoms with Gasteiger partial charge in [-0.05, 0) is 12.8 Å². The Morgan fingerprint density at radius 3 is 2.07 bits per heavy atom. The van der Waals surface area contributed by atoms with Gasteiger partial charge in [-0.25, -0.2) is 9.18 Å². The average Bonchev–Trinajstić information content (AvgIpc) is 1.99. The minimum absolute atomic E-state index is 0.153. The van der Waals surface area contributed by atoms with E-state index in [0.29, 0.717) is 0 Å². The Morgan fingerprint density at radius 1 is 1.53 bits per heavy atom. The third-order valence-electron chi connectivity index (χ3n) is 2.27. The summed E-state index contributed by atoms with van der Waals surface area (Å²) in [6.45, 7) is 1.59. The summed E-state index contributed by atoms with van der Waals surface area (Å²) in [5, 5.41) is 17.5. The Balaban J connectivity index is 0.000000423. The third kappa shape index (κ3) is 4.78. The van der Waals surface area contributed by atoms with Gasteiger partial charge in [-0.1, -0.05) is 6.92 Å². The zero-order chi connectivity index (χ0) is 12.2. The molecule has 1 saturated carbocycles. The van der Waals surface area contributed by atoms with Crippen LogP contribution in [0.3, 0.4) is 0 Å². The second-order valence-electron chi connectivity index (χ2n) is 3.98. The first-order valence-electron chi connectivity index (χ1n) is 4.51. The summed E-state index contributed by atoms with van der Waals surface area (Å²) in [4.78, 5) is 10.3. The summed E-state index contributed by atoms with van der Waals surface area (Å²) in [5.41, 5.74) is -0.745. The standard InChI is InChI=1S/C7H11FO3.B4/c1-7(2-4(8)3-7)5(9)6(10)11;1-4(2)3/h4-5,9H,2-3H2,1H3,(H,10,11);. The van der Waals surface area contributed by atoms with Crippen molar-refractivity contribution in [2.24, 2.45) is 5.41 Å². The molecule has 2 N–H and O–H groups in total. The lowest BCUT2D eigenvalue weighted by Gasteiger charge is -2.42. The lowest BCUT2D eigenvalue weighted by Crippen LogP contribution is -2.48. The normalized spacial score (nSPS) is 30.5. The SMILES string of the molecule is CC1(C(O)C(=O)O)CC(F)C1.[B]B([B])[B]. The van der Waals surface area contributed by atoms with Gasteiger partial charge in [-0.3, -0.25) is 0 Å². The van der Waals surface area contributed by atoms with Gasteiger partial charge in [0.1, 0.15) is 6.17 Å². The molecule has 3 nitrogen and oxygen atoms in total. The van der Waals surface area contributed by atoms with E-state index >= 15 is 0 Å². The van der Waals surface area contributed by atoms with Crippen molar-refractivity contribution in [1.29, 1.82) is 0 Å². The molecule has 1 unspecified atom stereocenters. The molecule has 1 fully saturated rings. The van der Waals surface area contributed by atoms with Crippen LogP contribution in [0.25, 0.3) is 0 Å². The molecular formula is C7H11B4FO3. The highest BCUT2D eigenvalue weighted by Gasteiger charge is 2.48. The Kier molecular flexibility index (Phi) is 5.49. The number of aliphatic carboxylic acids is 1. The Hall–Kier alpha value is -0.380. The van der Waals surface area contributed by atoms with Gasteiger partial charge in [0.15, 0.2) is 6.10 Å². The maximum Gasteiger partial charge on any atom is 0.333 e. The van der Waals surface area contributed by atoms with E-state index in [2.05, 4.69) is 23.2 Å². The maximum atomic E-state index is 12.3. The molecule has 0 aliphatic heterocycles. The van der Waals surface area contributed by atoms with Crippen LogP contribution in [-0.2, 0) is 4.79 Å². The zero-order valence-electron chi connectivity index (χ0n) is 8.56. The van der Waals surface area contributed by atoms with Crippen LogP contribution in [-0.4, -0.2) is 58.1 Å². The number of hydrogen-bond donors (Lipinski definition) is 2. The predicted molar refractivity (Wildman–Crippen MR) is 58.9 cm³/mol. The van der Waals surface area contributed by atoms with Crippen LogP contribution in [0, 0.1) is 5.41 Å². The highest BCUT2D eigenvalue weighted by atomic mass is 19.1. The van der Waals surface area contributed by atoms with Crippen molar-refractivity contribution in [2.75, 3.05) is 0 Å². The van der Waals surface area contributed by atoms with E-state index in [0.717, 1.165) is 0 Å². The first-order valence-corrected chi connectivity index (χ1v) is 4.51. The van der Waals surface area contributed by atoms with Crippen LogP contribution in [0.5, 0.6) is 0 Å². The van der Waals surface area contributed by atoms with E-state index < -0.39 is 30.0 Å². The van der Waals surface area contributed by atoms with Crippen molar-refractivity contribution in [3.8, 4) is 0 Å². The number of halogens is 1. The van der Waals surface area contributed by atoms with Gasteiger partial charge < -0.3 is 10.2 Å². The minimum atomic E-state index is -1.42. The monoisotopic (exact) mass is 206 g/mol. The smallest absolute Gasteiger partial charge is 0.333 e. The number of carbonyl (C=O) groups is 1. The van der Waals surface area contributed by atoms with Gasteiger partial charge in [-0.2, -0.15) is 0 Å². The van der Waals surface area contributed by atoms with Gasteiger partial charge in [0.05, 0.1) is 0 Å². The molecule has 0 saturated heterocycles. The van der Waals surface area contributed by atoms with Crippen molar-refractivity contribution >= 4 is 35.6 Å². The molecule has 1 aliphatic rings. The fourth-order valence-electron chi connectivity index (χ4n) is 1.47. The number of carboxylic acid groups (broad SMARTS) is 1. The molecule has 0 bridgehead atoms. The summed E-state index contributed by atoms with van der Waals surface area (Å²) in [5.74, 6) is -1.26. The molecule has 76 valence electrons. The summed E-state index contributed by atoms with van der Waals surface area (Å²) in [6.07, 6.45) is -2.72. The van der Waals surface area contributed by atoms with E-state index in [9.17, 15) is 9.18 Å². The van der Waals surface area contributed by atoms with Crippen LogP contribution >= 0.6 is 0 Å². The minimum Gasteiger partial charge on any atom is -0.479 e. The van der Waals surface area contributed by atoms with Crippen LogP contribution in [0.1, 0.15) is 19.8 Å². The molecule has 0 amide bonds. The van der Waals surface area contributed by atoms with Crippen LogP contribution in [0.15, 0.2) is 0 Å². The van der Waals surface area contributed by atoms with Gasteiger partial charge in [0.25, 0.3) is 0 Å². The number of aliphatic hydroxyl groups excluding tert-OH is 1. The molecule has 0 aromatic rings. The summed E-state index contributed by atoms with van der Waals surface area (Å²) in [7, 11) is 14.0. The lowest BCUT2D eigenvalue weighted by atomic mass is 9.08. The quantitative estimate of drug-likeness (QED) is 0.571. The first kappa shape index (κ1) is 14.6. The van der Waals surface area contributed by atoms with Crippen molar-refractivity contribution in [1.82, 2.24) is 0 Å². The van der Waals surface area contributed by atoms with E-state index in [4.69, 9.17) is 10.2 Å². The number of alkyl halides is 1. The molecule has 1 atom stereocenters. The largest absolute Gasteiger partial charge is 0.479 e. The van der Waals surface area contributed by atoms with Crippen LogP contribution in [0.2, 0.25) is 0 Å². The zero-order valence-corrected chi connectivity index (χ0v) is 8.56. The molecule has 0 spiro atoms. The molecular weight excluding hydrogens is 194 g/mol. The average molecular weight is 205 g/mol. The molecule has 0 aromatic heterocycles. The predicted octanol–water partition coefficient (Wildman–Crippen LogP) is -0.953. The van der Waals surface area contributed by atoms with E-state index in [1.807, 2.05) is 0 Å². The van der Waals surface area contributed by atoms with Gasteiger partial charge >= 0.3 is 5.97 Å². The van der Waals surface area contributed by atoms with Crippen molar-refractivity contribution in [2.45, 2.75) is 32.0 Å². The number of carboxylic acids is 1. The fraction of sp³-hybridized carbons (Fsp3) is 0.857. The molecule has 6 radical (unpaired) electrons. The molecule has 0 heterocycles.